The number of hydrogen-bond acceptors (Lipinski definition) is 3. The van der Waals surface area contributed by atoms with Crippen molar-refractivity contribution in [1.29, 1.82) is 0 Å². The number of halogens is 2. The molecule has 1 saturated carbocycles. The molecule has 0 bridgehead atoms. The number of hydrogen-bond donors (Lipinski definition) is 2. The van der Waals surface area contributed by atoms with Gasteiger partial charge in [-0.3, -0.25) is 4.79 Å². The zero-order valence-electron chi connectivity index (χ0n) is 16.3. The van der Waals surface area contributed by atoms with Gasteiger partial charge in [-0.15, -0.1) is 0 Å². The highest BCUT2D eigenvalue weighted by molar-refractivity contribution is 5.87. The first-order chi connectivity index (χ1) is 13.3. The smallest absolute Gasteiger partial charge is 0.259 e. The average Bonchev–Trinajstić information content (AvgIpc) is 3.09. The third kappa shape index (κ3) is 3.57. The molecule has 1 aromatic rings. The van der Waals surface area contributed by atoms with E-state index in [0.717, 1.165) is 38.8 Å². The van der Waals surface area contributed by atoms with Crippen molar-refractivity contribution in [3.63, 3.8) is 0 Å². The van der Waals surface area contributed by atoms with E-state index in [1.165, 1.54) is 0 Å². The number of alkyl halides is 2. The van der Waals surface area contributed by atoms with Crippen LogP contribution in [0.2, 0.25) is 0 Å². The van der Waals surface area contributed by atoms with E-state index in [0.29, 0.717) is 18.7 Å². The van der Waals surface area contributed by atoms with Crippen LogP contribution in [0.15, 0.2) is 30.3 Å². The molecular formula is C22H30F2N2O2. The molecule has 1 aromatic carbocycles. The van der Waals surface area contributed by atoms with E-state index in [1.54, 1.807) is 35.2 Å². The maximum absolute atomic E-state index is 13.9. The number of amides is 1. The summed E-state index contributed by atoms with van der Waals surface area (Å²) in [5.41, 5.74) is -1.16. The second-order valence-electron chi connectivity index (χ2n) is 8.97. The molecule has 2 N–H and O–H groups in total. The Bertz CT molecular complexity index is 696. The SMILES string of the molecule is O=C(N1CCC2(CCNCC2)CC1)C(O)(c1ccccc1)C1CCC(F)(F)C1. The molecule has 2 atom stereocenters. The van der Waals surface area contributed by atoms with Crippen LogP contribution >= 0.6 is 0 Å². The van der Waals surface area contributed by atoms with Crippen molar-refractivity contribution >= 4 is 5.91 Å². The van der Waals surface area contributed by atoms with Gasteiger partial charge in [-0.25, -0.2) is 8.78 Å². The third-order valence-corrected chi connectivity index (χ3v) is 7.31. The van der Waals surface area contributed by atoms with E-state index < -0.39 is 29.8 Å². The van der Waals surface area contributed by atoms with Crippen molar-refractivity contribution in [2.45, 2.75) is 56.5 Å². The van der Waals surface area contributed by atoms with Gasteiger partial charge in [0.1, 0.15) is 0 Å². The molecule has 4 nitrogen and oxygen atoms in total. The Kier molecular flexibility index (Phi) is 5.21. The van der Waals surface area contributed by atoms with E-state index in [-0.39, 0.29) is 18.3 Å². The van der Waals surface area contributed by atoms with Crippen LogP contribution in [0.5, 0.6) is 0 Å². The molecule has 2 saturated heterocycles. The van der Waals surface area contributed by atoms with Crippen LogP contribution in [0.25, 0.3) is 0 Å². The Labute approximate surface area is 165 Å². The fraction of sp³-hybridized carbons (Fsp3) is 0.682. The van der Waals surface area contributed by atoms with Gasteiger partial charge < -0.3 is 15.3 Å². The molecule has 28 heavy (non-hydrogen) atoms. The van der Waals surface area contributed by atoms with Crippen LogP contribution < -0.4 is 5.32 Å². The normalized spacial score (nSPS) is 28.8. The van der Waals surface area contributed by atoms with Crippen LogP contribution in [-0.2, 0) is 10.4 Å². The topological polar surface area (TPSA) is 52.6 Å². The van der Waals surface area contributed by atoms with Crippen molar-refractivity contribution in [1.82, 2.24) is 10.2 Å². The van der Waals surface area contributed by atoms with Gasteiger partial charge in [0.25, 0.3) is 5.91 Å². The molecule has 6 heteroatoms. The van der Waals surface area contributed by atoms with Gasteiger partial charge in [-0.1, -0.05) is 30.3 Å². The Balaban J connectivity index is 1.56. The first-order valence-corrected chi connectivity index (χ1v) is 10.5. The van der Waals surface area contributed by atoms with Gasteiger partial charge >= 0.3 is 0 Å². The second kappa shape index (κ2) is 7.38. The summed E-state index contributed by atoms with van der Waals surface area (Å²) >= 11 is 0. The number of carbonyl (C=O) groups is 1. The number of aliphatic hydroxyl groups is 1. The molecule has 1 amide bonds. The lowest BCUT2D eigenvalue weighted by molar-refractivity contribution is -0.163. The second-order valence-corrected chi connectivity index (χ2v) is 8.97. The lowest BCUT2D eigenvalue weighted by Crippen LogP contribution is -2.55. The standard InChI is InChI=1S/C22H30F2N2O2/c23-21(24)7-6-18(16-21)22(28,17-4-2-1-3-5-17)19(27)26-14-10-20(11-15-26)8-12-25-13-9-20/h1-5,18,25,28H,6-16H2. The minimum absolute atomic E-state index is 0.160. The van der Waals surface area contributed by atoms with E-state index in [1.807, 2.05) is 0 Å². The quantitative estimate of drug-likeness (QED) is 0.830. The molecule has 4 rings (SSSR count). The van der Waals surface area contributed by atoms with Crippen molar-refractivity contribution in [2.75, 3.05) is 26.2 Å². The maximum atomic E-state index is 13.9. The lowest BCUT2D eigenvalue weighted by atomic mass is 9.71. The Morgan fingerprint density at radius 3 is 2.29 bits per heavy atom. The molecular weight excluding hydrogens is 362 g/mol. The van der Waals surface area contributed by atoms with Crippen LogP contribution in [-0.4, -0.2) is 48.0 Å². The Morgan fingerprint density at radius 2 is 1.71 bits per heavy atom. The minimum atomic E-state index is -2.81. The fourth-order valence-corrected chi connectivity index (χ4v) is 5.41. The Morgan fingerprint density at radius 1 is 1.07 bits per heavy atom. The van der Waals surface area contributed by atoms with Crippen LogP contribution in [0.3, 0.4) is 0 Å². The predicted molar refractivity (Wildman–Crippen MR) is 103 cm³/mol. The van der Waals surface area contributed by atoms with E-state index in [4.69, 9.17) is 0 Å². The van der Waals surface area contributed by atoms with Gasteiger partial charge in [-0.05, 0) is 56.2 Å². The minimum Gasteiger partial charge on any atom is -0.375 e. The maximum Gasteiger partial charge on any atom is 0.259 e. The highest BCUT2D eigenvalue weighted by atomic mass is 19.3. The molecule has 154 valence electrons. The highest BCUT2D eigenvalue weighted by Gasteiger charge is 2.55. The van der Waals surface area contributed by atoms with E-state index in [9.17, 15) is 18.7 Å². The van der Waals surface area contributed by atoms with Crippen molar-refractivity contribution < 1.29 is 18.7 Å². The summed E-state index contributed by atoms with van der Waals surface area (Å²) in [6.07, 6.45) is 3.54. The summed E-state index contributed by atoms with van der Waals surface area (Å²) in [5.74, 6) is -3.97. The molecule has 3 aliphatic rings. The average molecular weight is 392 g/mol. The van der Waals surface area contributed by atoms with Gasteiger partial charge in [-0.2, -0.15) is 0 Å². The number of carbonyl (C=O) groups excluding carboxylic acids is 1. The van der Waals surface area contributed by atoms with Gasteiger partial charge in [0.2, 0.25) is 5.92 Å². The van der Waals surface area contributed by atoms with Crippen molar-refractivity contribution in [3.05, 3.63) is 35.9 Å². The summed E-state index contributed by atoms with van der Waals surface area (Å²) in [6.45, 7) is 3.21. The van der Waals surface area contributed by atoms with Crippen LogP contribution in [0.1, 0.15) is 50.5 Å². The number of nitrogens with one attached hydrogen (secondary N) is 1. The zero-order chi connectivity index (χ0) is 19.8. The summed E-state index contributed by atoms with van der Waals surface area (Å²) in [5, 5.41) is 15.0. The molecule has 1 spiro atoms. The molecule has 3 fully saturated rings. The van der Waals surface area contributed by atoms with E-state index >= 15 is 0 Å². The number of rotatable bonds is 3. The highest BCUT2D eigenvalue weighted by Crippen LogP contribution is 2.49. The number of benzene rings is 1. The molecule has 2 unspecified atom stereocenters. The molecule has 2 heterocycles. The summed E-state index contributed by atoms with van der Waals surface area (Å²) < 4.78 is 27.9. The first-order valence-electron chi connectivity index (χ1n) is 10.5. The molecule has 0 radical (unpaired) electrons. The van der Waals surface area contributed by atoms with Crippen molar-refractivity contribution in [3.8, 4) is 0 Å². The number of likely N-dealkylation sites (tertiary alicyclic amines) is 1. The largest absolute Gasteiger partial charge is 0.375 e. The van der Waals surface area contributed by atoms with Crippen LogP contribution in [0.4, 0.5) is 8.78 Å². The monoisotopic (exact) mass is 392 g/mol. The van der Waals surface area contributed by atoms with Crippen molar-refractivity contribution in [2.24, 2.45) is 11.3 Å². The number of piperidine rings is 2. The van der Waals surface area contributed by atoms with Gasteiger partial charge in [0, 0.05) is 31.8 Å². The third-order valence-electron chi connectivity index (χ3n) is 7.31. The number of nitrogens with zero attached hydrogens (tertiary/aromatic N) is 1. The van der Waals surface area contributed by atoms with Crippen LogP contribution in [0, 0.1) is 11.3 Å². The molecule has 1 aliphatic carbocycles. The zero-order valence-corrected chi connectivity index (χ0v) is 16.3. The van der Waals surface area contributed by atoms with Gasteiger partial charge in [0.15, 0.2) is 5.60 Å². The summed E-state index contributed by atoms with van der Waals surface area (Å²) in [7, 11) is 0. The summed E-state index contributed by atoms with van der Waals surface area (Å²) in [4.78, 5) is 15.2. The Hall–Kier alpha value is -1.53. The first kappa shape index (κ1) is 19.8. The summed E-state index contributed by atoms with van der Waals surface area (Å²) in [6, 6.07) is 8.68. The van der Waals surface area contributed by atoms with E-state index in [2.05, 4.69) is 5.32 Å². The lowest BCUT2D eigenvalue weighted by Gasteiger charge is -2.46. The fourth-order valence-electron chi connectivity index (χ4n) is 5.41. The van der Waals surface area contributed by atoms with Gasteiger partial charge in [0.05, 0.1) is 0 Å². The molecule has 0 aromatic heterocycles. The molecule has 2 aliphatic heterocycles. The predicted octanol–water partition coefficient (Wildman–Crippen LogP) is 3.30.